The lowest BCUT2D eigenvalue weighted by molar-refractivity contribution is 0.354. The number of rotatable bonds is 4. The number of para-hydroxylation sites is 1. The molecule has 1 N–H and O–H groups in total. The molecule has 5 heteroatoms. The monoisotopic (exact) mass is 405 g/mol. The lowest BCUT2D eigenvalue weighted by Crippen LogP contribution is -2.06. The van der Waals surface area contributed by atoms with Gasteiger partial charge in [-0.3, -0.25) is 4.99 Å². The first kappa shape index (κ1) is 19.4. The van der Waals surface area contributed by atoms with Crippen LogP contribution in [0.4, 0.5) is 5.69 Å². The van der Waals surface area contributed by atoms with Crippen LogP contribution in [-0.2, 0) is 0 Å². The molecular formula is C24H23NO3S. The van der Waals surface area contributed by atoms with Crippen molar-refractivity contribution in [3.63, 3.8) is 0 Å². The van der Waals surface area contributed by atoms with Crippen molar-refractivity contribution in [3.8, 4) is 17.2 Å². The number of benzene rings is 3. The molecule has 4 rings (SSSR count). The molecule has 1 heterocycles. The number of phenolic OH excluding ortho intramolecular Hbond substituents is 1. The molecular weight excluding hydrogens is 382 g/mol. The summed E-state index contributed by atoms with van der Waals surface area (Å²) in [5.41, 5.74) is 4.81. The first-order chi connectivity index (χ1) is 14.1. The largest absolute Gasteiger partial charge is 0.507 e. The summed E-state index contributed by atoms with van der Waals surface area (Å²) in [7, 11) is 3.29. The van der Waals surface area contributed by atoms with Crippen LogP contribution in [-0.4, -0.2) is 25.0 Å². The topological polar surface area (TPSA) is 51.0 Å². The SMILES string of the molecule is COc1ccc(C2CC(c3cc(C)ccc3O)=Nc3ccccc3S2)cc1OC. The van der Waals surface area contributed by atoms with Gasteiger partial charge < -0.3 is 14.6 Å². The number of aryl methyl sites for hydroxylation is 1. The molecule has 0 spiro atoms. The molecule has 1 aliphatic rings. The fourth-order valence-corrected chi connectivity index (χ4v) is 4.72. The third-order valence-corrected chi connectivity index (χ3v) is 6.33. The molecule has 0 saturated heterocycles. The Hall–Kier alpha value is -2.92. The molecule has 3 aromatic rings. The summed E-state index contributed by atoms with van der Waals surface area (Å²) < 4.78 is 10.9. The lowest BCUT2D eigenvalue weighted by atomic mass is 9.99. The Kier molecular flexibility index (Phi) is 5.49. The van der Waals surface area contributed by atoms with Crippen LogP contribution in [0.25, 0.3) is 0 Å². The molecule has 1 aliphatic heterocycles. The van der Waals surface area contributed by atoms with Crippen molar-refractivity contribution in [2.24, 2.45) is 4.99 Å². The van der Waals surface area contributed by atoms with Gasteiger partial charge in [0, 0.05) is 22.1 Å². The van der Waals surface area contributed by atoms with E-state index in [4.69, 9.17) is 14.5 Å². The van der Waals surface area contributed by atoms with Gasteiger partial charge in [-0.25, -0.2) is 0 Å². The predicted octanol–water partition coefficient (Wildman–Crippen LogP) is 6.08. The van der Waals surface area contributed by atoms with Crippen molar-refractivity contribution in [1.82, 2.24) is 0 Å². The van der Waals surface area contributed by atoms with Gasteiger partial charge >= 0.3 is 0 Å². The van der Waals surface area contributed by atoms with Crippen LogP contribution in [0.3, 0.4) is 0 Å². The van der Waals surface area contributed by atoms with Gasteiger partial charge in [-0.15, -0.1) is 11.8 Å². The molecule has 1 atom stereocenters. The number of thioether (sulfide) groups is 1. The Bertz CT molecular complexity index is 1080. The van der Waals surface area contributed by atoms with E-state index in [2.05, 4.69) is 12.1 Å². The Labute approximate surface area is 175 Å². The van der Waals surface area contributed by atoms with E-state index < -0.39 is 0 Å². The van der Waals surface area contributed by atoms with Crippen LogP contribution in [0.15, 0.2) is 70.6 Å². The molecule has 0 amide bonds. The number of phenols is 1. The second kappa shape index (κ2) is 8.21. The molecule has 148 valence electrons. The zero-order valence-electron chi connectivity index (χ0n) is 16.7. The van der Waals surface area contributed by atoms with Gasteiger partial charge in [0.1, 0.15) is 5.75 Å². The van der Waals surface area contributed by atoms with Crippen molar-refractivity contribution < 1.29 is 14.6 Å². The standard InChI is InChI=1S/C24H23NO3S/c1-15-8-10-20(26)17(12-15)19-14-24(29-23-7-5-4-6-18(23)25-19)16-9-11-21(27-2)22(13-16)28-3/h4-13,24,26H,14H2,1-3H3. The van der Waals surface area contributed by atoms with Gasteiger partial charge in [-0.2, -0.15) is 0 Å². The fourth-order valence-electron chi connectivity index (χ4n) is 3.50. The van der Waals surface area contributed by atoms with Gasteiger partial charge in [0.05, 0.1) is 25.6 Å². The summed E-state index contributed by atoms with van der Waals surface area (Å²) in [5.74, 6) is 1.67. The fraction of sp³-hybridized carbons (Fsp3) is 0.208. The number of ether oxygens (including phenoxy) is 2. The summed E-state index contributed by atoms with van der Waals surface area (Å²) in [6.45, 7) is 2.02. The number of hydrogen-bond acceptors (Lipinski definition) is 5. The van der Waals surface area contributed by atoms with Crippen LogP contribution in [0.2, 0.25) is 0 Å². The van der Waals surface area contributed by atoms with E-state index in [1.807, 2.05) is 49.4 Å². The number of aliphatic imine (C=N–C) groups is 1. The van der Waals surface area contributed by atoms with Crippen LogP contribution in [0, 0.1) is 6.92 Å². The molecule has 0 radical (unpaired) electrons. The van der Waals surface area contributed by atoms with E-state index in [9.17, 15) is 5.11 Å². The van der Waals surface area contributed by atoms with E-state index in [1.54, 1.807) is 32.0 Å². The first-order valence-electron chi connectivity index (χ1n) is 9.44. The van der Waals surface area contributed by atoms with Gasteiger partial charge in [0.15, 0.2) is 11.5 Å². The molecule has 0 aromatic heterocycles. The Morgan fingerprint density at radius 1 is 0.966 bits per heavy atom. The second-order valence-corrected chi connectivity index (χ2v) is 8.22. The summed E-state index contributed by atoms with van der Waals surface area (Å²) >= 11 is 1.78. The number of hydrogen-bond donors (Lipinski definition) is 1. The highest BCUT2D eigenvalue weighted by Gasteiger charge is 2.24. The average Bonchev–Trinajstić information content (AvgIpc) is 2.94. The molecule has 0 aliphatic carbocycles. The van der Waals surface area contributed by atoms with E-state index in [1.165, 1.54) is 0 Å². The summed E-state index contributed by atoms with van der Waals surface area (Å²) in [5, 5.41) is 10.6. The normalized spacial score (nSPS) is 15.8. The van der Waals surface area contributed by atoms with Gasteiger partial charge in [-0.1, -0.05) is 29.8 Å². The number of nitrogens with zero attached hydrogens (tertiary/aromatic N) is 1. The quantitative estimate of drug-likeness (QED) is 0.572. The van der Waals surface area contributed by atoms with Crippen LogP contribution in [0.1, 0.15) is 28.4 Å². The molecule has 29 heavy (non-hydrogen) atoms. The first-order valence-corrected chi connectivity index (χ1v) is 10.3. The van der Waals surface area contributed by atoms with E-state index >= 15 is 0 Å². The van der Waals surface area contributed by atoms with Crippen LogP contribution in [0.5, 0.6) is 17.2 Å². The lowest BCUT2D eigenvalue weighted by Gasteiger charge is -2.18. The maximum absolute atomic E-state index is 10.5. The molecule has 4 nitrogen and oxygen atoms in total. The smallest absolute Gasteiger partial charge is 0.161 e. The molecule has 3 aromatic carbocycles. The summed E-state index contributed by atoms with van der Waals surface area (Å²) in [4.78, 5) is 6.06. The highest BCUT2D eigenvalue weighted by molar-refractivity contribution is 7.99. The molecule has 1 unspecified atom stereocenters. The van der Waals surface area contributed by atoms with Crippen molar-refractivity contribution in [2.45, 2.75) is 23.5 Å². The molecule has 0 saturated carbocycles. The van der Waals surface area contributed by atoms with Crippen LogP contribution < -0.4 is 9.47 Å². The van der Waals surface area contributed by atoms with Crippen molar-refractivity contribution in [2.75, 3.05) is 14.2 Å². The summed E-state index contributed by atoms with van der Waals surface area (Å²) in [6.07, 6.45) is 0.686. The molecule has 0 bridgehead atoms. The zero-order valence-corrected chi connectivity index (χ0v) is 17.5. The van der Waals surface area contributed by atoms with Gasteiger partial charge in [-0.05, 0) is 48.9 Å². The van der Waals surface area contributed by atoms with Gasteiger partial charge in [0.25, 0.3) is 0 Å². The predicted molar refractivity (Wildman–Crippen MR) is 118 cm³/mol. The van der Waals surface area contributed by atoms with Gasteiger partial charge in [0.2, 0.25) is 0 Å². The number of methoxy groups -OCH3 is 2. The third kappa shape index (κ3) is 3.96. The minimum absolute atomic E-state index is 0.122. The molecule has 0 fully saturated rings. The Balaban J connectivity index is 1.82. The average molecular weight is 406 g/mol. The Morgan fingerprint density at radius 2 is 1.76 bits per heavy atom. The number of aromatic hydroxyl groups is 1. The van der Waals surface area contributed by atoms with Crippen molar-refractivity contribution in [1.29, 1.82) is 0 Å². The Morgan fingerprint density at radius 3 is 2.55 bits per heavy atom. The van der Waals surface area contributed by atoms with Crippen molar-refractivity contribution in [3.05, 3.63) is 77.4 Å². The van der Waals surface area contributed by atoms with Crippen LogP contribution >= 0.6 is 11.8 Å². The minimum atomic E-state index is 0.122. The third-order valence-electron chi connectivity index (χ3n) is 5.01. The maximum Gasteiger partial charge on any atom is 0.161 e. The zero-order chi connectivity index (χ0) is 20.4. The van der Waals surface area contributed by atoms with Crippen molar-refractivity contribution >= 4 is 23.2 Å². The maximum atomic E-state index is 10.5. The van der Waals surface area contributed by atoms with E-state index in [0.717, 1.165) is 33.0 Å². The van der Waals surface area contributed by atoms with E-state index in [0.29, 0.717) is 17.9 Å². The van der Waals surface area contributed by atoms with E-state index in [-0.39, 0.29) is 11.0 Å². The minimum Gasteiger partial charge on any atom is -0.507 e. The highest BCUT2D eigenvalue weighted by Crippen LogP contribution is 2.47. The second-order valence-electron chi connectivity index (χ2n) is 6.97. The highest BCUT2D eigenvalue weighted by atomic mass is 32.2. The summed E-state index contributed by atoms with van der Waals surface area (Å²) in [6, 6.07) is 19.8. The number of fused-ring (bicyclic) bond motifs is 1.